The molecule has 1 aliphatic carbocycles. The molecule has 1 fully saturated rings. The Balaban J connectivity index is 2.03. The quantitative estimate of drug-likeness (QED) is 0.691. The van der Waals surface area contributed by atoms with E-state index >= 15 is 0 Å². The Morgan fingerprint density at radius 3 is 1.90 bits per heavy atom. The Bertz CT molecular complexity index is 723. The summed E-state index contributed by atoms with van der Waals surface area (Å²) in [6, 6.07) is 0.598. The van der Waals surface area contributed by atoms with Crippen molar-refractivity contribution in [3.63, 3.8) is 0 Å². The Morgan fingerprint density at radius 1 is 1.00 bits per heavy atom. The normalized spacial score (nSPS) is 20.2. The SMILES string of the molecule is CN(C(=O)O)C1CCC(CNC(=O)c2cc(C(F)(F)F)cc(C(F)(F)F)c2)CC1. The summed E-state index contributed by atoms with van der Waals surface area (Å²) in [5, 5.41) is 11.4. The van der Waals surface area contributed by atoms with Crippen LogP contribution in [0, 0.1) is 5.92 Å². The second-order valence-electron chi connectivity index (χ2n) is 7.07. The molecule has 0 heterocycles. The summed E-state index contributed by atoms with van der Waals surface area (Å²) in [6.45, 7) is 0.0833. The number of carbonyl (C=O) groups is 2. The number of nitrogens with one attached hydrogen (secondary N) is 1. The van der Waals surface area contributed by atoms with Crippen LogP contribution in [0.3, 0.4) is 0 Å². The van der Waals surface area contributed by atoms with E-state index in [1.165, 1.54) is 11.9 Å². The van der Waals surface area contributed by atoms with Crippen molar-refractivity contribution in [1.82, 2.24) is 10.2 Å². The van der Waals surface area contributed by atoms with Crippen LogP contribution in [0.2, 0.25) is 0 Å². The van der Waals surface area contributed by atoms with Gasteiger partial charge in [-0.1, -0.05) is 0 Å². The molecule has 1 aliphatic rings. The summed E-state index contributed by atoms with van der Waals surface area (Å²) in [5.41, 5.74) is -3.81. The zero-order chi connectivity index (χ0) is 22.0. The summed E-state index contributed by atoms with van der Waals surface area (Å²) in [4.78, 5) is 24.3. The molecule has 29 heavy (non-hydrogen) atoms. The zero-order valence-corrected chi connectivity index (χ0v) is 15.4. The second-order valence-corrected chi connectivity index (χ2v) is 7.07. The Kier molecular flexibility index (Phi) is 6.69. The monoisotopic (exact) mass is 426 g/mol. The highest BCUT2D eigenvalue weighted by molar-refractivity contribution is 5.94. The van der Waals surface area contributed by atoms with Gasteiger partial charge in [-0.05, 0) is 49.8 Å². The summed E-state index contributed by atoms with van der Waals surface area (Å²) >= 11 is 0. The lowest BCUT2D eigenvalue weighted by Crippen LogP contribution is -2.40. The molecule has 0 bridgehead atoms. The van der Waals surface area contributed by atoms with Crippen LogP contribution < -0.4 is 5.32 Å². The molecule has 2 N–H and O–H groups in total. The van der Waals surface area contributed by atoms with Crippen molar-refractivity contribution in [3.8, 4) is 0 Å². The van der Waals surface area contributed by atoms with E-state index in [4.69, 9.17) is 5.11 Å². The average molecular weight is 426 g/mol. The number of amides is 2. The fourth-order valence-corrected chi connectivity index (χ4v) is 3.32. The minimum Gasteiger partial charge on any atom is -0.465 e. The number of halogens is 6. The third kappa shape index (κ3) is 6.01. The third-order valence-electron chi connectivity index (χ3n) is 5.07. The topological polar surface area (TPSA) is 69.6 Å². The third-order valence-corrected chi connectivity index (χ3v) is 5.07. The number of nitrogens with zero attached hydrogens (tertiary/aromatic N) is 1. The van der Waals surface area contributed by atoms with Crippen LogP contribution in [0.25, 0.3) is 0 Å². The smallest absolute Gasteiger partial charge is 0.416 e. The maximum Gasteiger partial charge on any atom is 0.416 e. The van der Waals surface area contributed by atoms with Crippen LogP contribution in [-0.2, 0) is 12.4 Å². The minimum absolute atomic E-state index is 0.0307. The van der Waals surface area contributed by atoms with Crippen molar-refractivity contribution >= 4 is 12.0 Å². The first kappa shape index (κ1) is 22.8. The van der Waals surface area contributed by atoms with E-state index in [0.29, 0.717) is 37.8 Å². The highest BCUT2D eigenvalue weighted by Crippen LogP contribution is 2.36. The van der Waals surface area contributed by atoms with Gasteiger partial charge in [-0.3, -0.25) is 4.79 Å². The Labute approximate surface area is 162 Å². The van der Waals surface area contributed by atoms with Crippen molar-refractivity contribution < 1.29 is 41.0 Å². The van der Waals surface area contributed by atoms with Gasteiger partial charge in [0.15, 0.2) is 0 Å². The van der Waals surface area contributed by atoms with Gasteiger partial charge < -0.3 is 15.3 Å². The molecule has 0 aliphatic heterocycles. The maximum atomic E-state index is 12.9. The van der Waals surface area contributed by atoms with Gasteiger partial charge in [-0.2, -0.15) is 26.3 Å². The lowest BCUT2D eigenvalue weighted by molar-refractivity contribution is -0.143. The van der Waals surface area contributed by atoms with Crippen molar-refractivity contribution in [2.75, 3.05) is 13.6 Å². The molecule has 0 unspecified atom stereocenters. The number of alkyl halides is 6. The van der Waals surface area contributed by atoms with Crippen molar-refractivity contribution in [3.05, 3.63) is 34.9 Å². The minimum atomic E-state index is -5.02. The van der Waals surface area contributed by atoms with Crippen molar-refractivity contribution in [1.29, 1.82) is 0 Å². The number of hydrogen-bond donors (Lipinski definition) is 2. The van der Waals surface area contributed by atoms with E-state index in [1.54, 1.807) is 0 Å². The predicted molar refractivity (Wildman–Crippen MR) is 90.3 cm³/mol. The van der Waals surface area contributed by atoms with Crippen LogP contribution in [0.4, 0.5) is 31.1 Å². The first-order chi connectivity index (χ1) is 13.3. The fraction of sp³-hybridized carbons (Fsp3) is 0.556. The van der Waals surface area contributed by atoms with Gasteiger partial charge in [0.25, 0.3) is 5.91 Å². The summed E-state index contributed by atoms with van der Waals surface area (Å²) in [7, 11) is 1.46. The largest absolute Gasteiger partial charge is 0.465 e. The van der Waals surface area contributed by atoms with Gasteiger partial charge in [0, 0.05) is 25.2 Å². The molecule has 0 aromatic heterocycles. The van der Waals surface area contributed by atoms with Crippen LogP contribution in [-0.4, -0.2) is 41.6 Å². The van der Waals surface area contributed by atoms with Gasteiger partial charge in [0.05, 0.1) is 11.1 Å². The lowest BCUT2D eigenvalue weighted by Gasteiger charge is -2.33. The van der Waals surface area contributed by atoms with Gasteiger partial charge in [0.2, 0.25) is 0 Å². The van der Waals surface area contributed by atoms with Crippen LogP contribution in [0.1, 0.15) is 47.2 Å². The molecular weight excluding hydrogens is 406 g/mol. The van der Waals surface area contributed by atoms with Crippen LogP contribution in [0.15, 0.2) is 18.2 Å². The standard InChI is InChI=1S/C18H20F6N2O3/c1-26(16(28)29)14-4-2-10(3-5-14)9-25-15(27)11-6-12(17(19,20)21)8-13(7-11)18(22,23)24/h6-8,10,14H,2-5,9H2,1H3,(H,25,27)(H,28,29). The second kappa shape index (κ2) is 8.50. The number of hydrogen-bond acceptors (Lipinski definition) is 2. The highest BCUT2D eigenvalue weighted by Gasteiger charge is 2.37. The molecule has 11 heteroatoms. The van der Waals surface area contributed by atoms with Gasteiger partial charge in [-0.15, -0.1) is 0 Å². The summed E-state index contributed by atoms with van der Waals surface area (Å²) in [5.74, 6) is -1.06. The van der Waals surface area contributed by atoms with E-state index in [0.717, 1.165) is 0 Å². The molecular formula is C18H20F6N2O3. The molecule has 0 saturated heterocycles. The first-order valence-electron chi connectivity index (χ1n) is 8.82. The fourth-order valence-electron chi connectivity index (χ4n) is 3.32. The average Bonchev–Trinajstić information content (AvgIpc) is 2.64. The molecule has 2 amide bonds. The molecule has 0 radical (unpaired) electrons. The summed E-state index contributed by atoms with van der Waals surface area (Å²) in [6.07, 6.45) is -8.81. The first-order valence-corrected chi connectivity index (χ1v) is 8.82. The predicted octanol–water partition coefficient (Wildman–Crippen LogP) is 4.62. The molecule has 2 rings (SSSR count). The highest BCUT2D eigenvalue weighted by atomic mass is 19.4. The number of carbonyl (C=O) groups excluding carboxylic acids is 1. The maximum absolute atomic E-state index is 12.9. The van der Waals surface area contributed by atoms with E-state index in [2.05, 4.69) is 5.32 Å². The van der Waals surface area contributed by atoms with E-state index in [9.17, 15) is 35.9 Å². The van der Waals surface area contributed by atoms with Crippen LogP contribution in [0.5, 0.6) is 0 Å². The number of rotatable bonds is 4. The van der Waals surface area contributed by atoms with Gasteiger partial charge in [-0.25, -0.2) is 4.79 Å². The lowest BCUT2D eigenvalue weighted by atomic mass is 9.85. The van der Waals surface area contributed by atoms with Gasteiger partial charge in [0.1, 0.15) is 0 Å². The molecule has 1 aromatic carbocycles. The summed E-state index contributed by atoms with van der Waals surface area (Å²) < 4.78 is 77.3. The molecule has 0 atom stereocenters. The molecule has 1 aromatic rings. The number of benzene rings is 1. The Hall–Kier alpha value is -2.46. The van der Waals surface area contributed by atoms with Crippen LogP contribution >= 0.6 is 0 Å². The van der Waals surface area contributed by atoms with E-state index in [1.807, 2.05) is 0 Å². The molecule has 1 saturated carbocycles. The van der Waals surface area contributed by atoms with Crippen molar-refractivity contribution in [2.24, 2.45) is 5.92 Å². The number of carboxylic acid groups (broad SMARTS) is 1. The molecule has 0 spiro atoms. The molecule has 5 nitrogen and oxygen atoms in total. The van der Waals surface area contributed by atoms with Gasteiger partial charge >= 0.3 is 18.4 Å². The van der Waals surface area contributed by atoms with E-state index < -0.39 is 41.0 Å². The molecule has 162 valence electrons. The van der Waals surface area contributed by atoms with E-state index in [-0.39, 0.29) is 24.6 Å². The van der Waals surface area contributed by atoms with Crippen molar-refractivity contribution in [2.45, 2.75) is 44.1 Å². The zero-order valence-electron chi connectivity index (χ0n) is 15.4. The Morgan fingerprint density at radius 2 is 1.48 bits per heavy atom.